The van der Waals surface area contributed by atoms with Crippen LogP contribution < -0.4 is 5.73 Å². The number of ketones is 1. The molecule has 10 heteroatoms. The highest BCUT2D eigenvalue weighted by Gasteiger charge is 2.39. The number of carbonyl (C=O) groups excluding carboxylic acids is 3. The van der Waals surface area contributed by atoms with Gasteiger partial charge in [-0.05, 0) is 17.7 Å². The van der Waals surface area contributed by atoms with E-state index in [2.05, 4.69) is 0 Å². The molecule has 1 aliphatic rings. The van der Waals surface area contributed by atoms with Crippen molar-refractivity contribution < 1.29 is 36.1 Å². The van der Waals surface area contributed by atoms with E-state index >= 15 is 0 Å². The molecule has 2 aromatic rings. The lowest BCUT2D eigenvalue weighted by molar-refractivity contribution is -0.191. The van der Waals surface area contributed by atoms with Crippen LogP contribution in [-0.2, 0) is 39.2 Å². The van der Waals surface area contributed by atoms with Gasteiger partial charge < -0.3 is 14.7 Å². The van der Waals surface area contributed by atoms with E-state index in [9.17, 15) is 17.6 Å². The molecule has 0 saturated carbocycles. The summed E-state index contributed by atoms with van der Waals surface area (Å²) in [5, 5.41) is 0. The first-order valence-electron chi connectivity index (χ1n) is 7.69. The summed E-state index contributed by atoms with van der Waals surface area (Å²) in [6.45, 7) is 0. The van der Waals surface area contributed by atoms with E-state index in [0.717, 1.165) is 12.1 Å². The van der Waals surface area contributed by atoms with Crippen molar-refractivity contribution in [3.8, 4) is 0 Å². The maximum absolute atomic E-state index is 12.9. The molecule has 1 aliphatic heterocycles. The van der Waals surface area contributed by atoms with Crippen LogP contribution in [-0.4, -0.2) is 20.4 Å². The molecule has 1 atom stereocenters. The fraction of sp³-hybridized carbons (Fsp3) is 0.111. The number of hydrogen-bond acceptors (Lipinski definition) is 8. The molecule has 0 amide bonds. The summed E-state index contributed by atoms with van der Waals surface area (Å²) < 4.78 is 47.3. The van der Waals surface area contributed by atoms with E-state index in [4.69, 9.17) is 24.2 Å². The summed E-state index contributed by atoms with van der Waals surface area (Å²) in [5.74, 6) is -2.63. The van der Waals surface area contributed by atoms with E-state index in [1.807, 2.05) is 0 Å². The van der Waals surface area contributed by atoms with E-state index in [1.165, 1.54) is 12.1 Å². The lowest BCUT2D eigenvalue weighted by atomic mass is 10.1. The standard InChI is InChI=1S/C17H14FNO5S.CO2/c18-13-8-6-11(7-9-13)10-25(21,22)24-16-14(20)15(23-17(16)19)12-4-2-1-3-5-12;2-1-3/h1-9,15H,10,19H2;. The molecule has 2 N–H and O–H groups in total. The van der Waals surface area contributed by atoms with Gasteiger partial charge in [0.15, 0.2) is 6.10 Å². The third-order valence-electron chi connectivity index (χ3n) is 3.50. The van der Waals surface area contributed by atoms with E-state index < -0.39 is 39.3 Å². The van der Waals surface area contributed by atoms with Gasteiger partial charge in [-0.3, -0.25) is 4.79 Å². The summed E-state index contributed by atoms with van der Waals surface area (Å²) in [6.07, 6.45) is -0.794. The Morgan fingerprint density at radius 1 is 1.07 bits per heavy atom. The van der Waals surface area contributed by atoms with Crippen LogP contribution in [0, 0.1) is 5.82 Å². The Morgan fingerprint density at radius 2 is 1.64 bits per heavy atom. The van der Waals surface area contributed by atoms with Gasteiger partial charge in [-0.2, -0.15) is 18.0 Å². The average Bonchev–Trinajstić information content (AvgIpc) is 2.93. The number of Topliss-reactive ketones (excluding diaryl/α,β-unsaturated/α-hetero) is 1. The number of nitrogens with two attached hydrogens (primary N) is 1. The number of benzene rings is 2. The number of carbonyl (C=O) groups is 1. The molecule has 0 aliphatic carbocycles. The molecular formula is C18H14FNO7S. The lowest BCUT2D eigenvalue weighted by Gasteiger charge is -2.09. The Morgan fingerprint density at radius 3 is 2.21 bits per heavy atom. The van der Waals surface area contributed by atoms with E-state index in [-0.39, 0.29) is 12.0 Å². The molecule has 8 nitrogen and oxygen atoms in total. The van der Waals surface area contributed by atoms with Gasteiger partial charge in [0.1, 0.15) is 11.6 Å². The maximum Gasteiger partial charge on any atom is 0.373 e. The molecule has 3 rings (SSSR count). The second-order valence-corrected chi connectivity index (χ2v) is 7.03. The second-order valence-electron chi connectivity index (χ2n) is 5.46. The molecule has 146 valence electrons. The van der Waals surface area contributed by atoms with Crippen molar-refractivity contribution in [1.29, 1.82) is 0 Å². The van der Waals surface area contributed by atoms with E-state index in [1.54, 1.807) is 30.3 Å². The van der Waals surface area contributed by atoms with Crippen LogP contribution in [0.4, 0.5) is 4.39 Å². The quantitative estimate of drug-likeness (QED) is 0.739. The first-order valence-corrected chi connectivity index (χ1v) is 9.26. The fourth-order valence-electron chi connectivity index (χ4n) is 2.35. The molecule has 1 unspecified atom stereocenters. The third kappa shape index (κ3) is 5.26. The molecule has 1 heterocycles. The molecule has 0 bridgehead atoms. The van der Waals surface area contributed by atoms with Crippen molar-refractivity contribution in [2.75, 3.05) is 0 Å². The van der Waals surface area contributed by atoms with Crippen LogP contribution in [0.3, 0.4) is 0 Å². The smallest absolute Gasteiger partial charge is 0.373 e. The molecule has 0 radical (unpaired) electrons. The minimum absolute atomic E-state index is 0.250. The molecule has 2 aromatic carbocycles. The Balaban J connectivity index is 0.000000878. The van der Waals surface area contributed by atoms with Gasteiger partial charge in [0.25, 0.3) is 0 Å². The van der Waals surface area contributed by atoms with Gasteiger partial charge in [0, 0.05) is 5.56 Å². The summed E-state index contributed by atoms with van der Waals surface area (Å²) in [5.41, 5.74) is 6.46. The highest BCUT2D eigenvalue weighted by atomic mass is 32.2. The van der Waals surface area contributed by atoms with Gasteiger partial charge in [-0.25, -0.2) is 4.39 Å². The Kier molecular flexibility index (Phi) is 6.64. The average molecular weight is 407 g/mol. The van der Waals surface area contributed by atoms with Gasteiger partial charge in [-0.15, -0.1) is 0 Å². The van der Waals surface area contributed by atoms with Crippen LogP contribution >= 0.6 is 0 Å². The number of rotatable bonds is 5. The summed E-state index contributed by atoms with van der Waals surface area (Å²) in [7, 11) is -4.16. The van der Waals surface area contributed by atoms with Gasteiger partial charge in [0.2, 0.25) is 17.4 Å². The largest absolute Gasteiger partial charge is 0.460 e. The van der Waals surface area contributed by atoms with Crippen LogP contribution in [0.25, 0.3) is 0 Å². The van der Waals surface area contributed by atoms with Crippen LogP contribution in [0.5, 0.6) is 0 Å². The van der Waals surface area contributed by atoms with Crippen LogP contribution in [0.15, 0.2) is 66.2 Å². The van der Waals surface area contributed by atoms with Crippen molar-refractivity contribution in [3.63, 3.8) is 0 Å². The fourth-order valence-corrected chi connectivity index (χ4v) is 3.42. The zero-order valence-corrected chi connectivity index (χ0v) is 15.0. The summed E-state index contributed by atoms with van der Waals surface area (Å²) >= 11 is 0. The minimum atomic E-state index is -4.16. The number of ether oxygens (including phenoxy) is 1. The second kappa shape index (κ2) is 8.94. The van der Waals surface area contributed by atoms with Crippen LogP contribution in [0.2, 0.25) is 0 Å². The first kappa shape index (κ1) is 20.8. The lowest BCUT2D eigenvalue weighted by Crippen LogP contribution is -2.16. The minimum Gasteiger partial charge on any atom is -0.460 e. The normalized spacial score (nSPS) is 15.9. The summed E-state index contributed by atoms with van der Waals surface area (Å²) in [4.78, 5) is 28.6. The molecule has 0 spiro atoms. The SMILES string of the molecule is NC1=C(OS(=O)(=O)Cc2ccc(F)cc2)C(=O)C(c2ccccc2)O1.O=C=O. The van der Waals surface area contributed by atoms with Gasteiger partial charge in [0.05, 0.1) is 0 Å². The van der Waals surface area contributed by atoms with Crippen molar-refractivity contribution in [2.24, 2.45) is 5.73 Å². The van der Waals surface area contributed by atoms with Crippen molar-refractivity contribution in [3.05, 3.63) is 83.2 Å². The monoisotopic (exact) mass is 407 g/mol. The van der Waals surface area contributed by atoms with Crippen molar-refractivity contribution >= 4 is 22.1 Å². The molecular weight excluding hydrogens is 393 g/mol. The van der Waals surface area contributed by atoms with Crippen molar-refractivity contribution in [2.45, 2.75) is 11.9 Å². The Bertz CT molecular complexity index is 1010. The van der Waals surface area contributed by atoms with E-state index in [0.29, 0.717) is 11.1 Å². The molecule has 0 fully saturated rings. The Labute approximate surface area is 159 Å². The first-order chi connectivity index (χ1) is 13.3. The van der Waals surface area contributed by atoms with Gasteiger partial charge >= 0.3 is 16.3 Å². The van der Waals surface area contributed by atoms with Crippen LogP contribution in [0.1, 0.15) is 17.2 Å². The zero-order chi connectivity index (χ0) is 20.7. The molecule has 0 aromatic heterocycles. The predicted molar refractivity (Wildman–Crippen MR) is 91.6 cm³/mol. The number of halogens is 1. The highest BCUT2D eigenvalue weighted by Crippen LogP contribution is 2.32. The number of hydrogen-bond donors (Lipinski definition) is 1. The third-order valence-corrected chi connectivity index (χ3v) is 4.61. The molecule has 28 heavy (non-hydrogen) atoms. The van der Waals surface area contributed by atoms with Crippen molar-refractivity contribution in [1.82, 2.24) is 0 Å². The van der Waals surface area contributed by atoms with Gasteiger partial charge in [-0.1, -0.05) is 42.5 Å². The maximum atomic E-state index is 12.9. The molecule has 0 saturated heterocycles. The zero-order valence-electron chi connectivity index (χ0n) is 14.2. The summed E-state index contributed by atoms with van der Waals surface area (Å²) in [6, 6.07) is 13.4. The highest BCUT2D eigenvalue weighted by molar-refractivity contribution is 7.86. The predicted octanol–water partition coefficient (Wildman–Crippen LogP) is 1.56. The Hall–Kier alpha value is -3.49. The topological polar surface area (TPSA) is 130 Å².